The average Bonchev–Trinajstić information content (AvgIpc) is 2.81. The first-order chi connectivity index (χ1) is 11.2. The Bertz CT molecular complexity index is 564. The highest BCUT2D eigenvalue weighted by atomic mass is 32.1. The third-order valence-electron chi connectivity index (χ3n) is 3.98. The third kappa shape index (κ3) is 6.02. The Kier molecular flexibility index (Phi) is 7.07. The van der Waals surface area contributed by atoms with Crippen LogP contribution in [-0.2, 0) is 4.79 Å². The highest BCUT2D eigenvalue weighted by molar-refractivity contribution is 7.80. The number of benzene rings is 1. The Morgan fingerprint density at radius 1 is 1.22 bits per heavy atom. The largest absolute Gasteiger partial charge is 0.496 e. The van der Waals surface area contributed by atoms with Crippen LogP contribution in [0, 0.1) is 0 Å². The van der Waals surface area contributed by atoms with Crippen LogP contribution in [0.15, 0.2) is 30.3 Å². The molecule has 2 N–H and O–H groups in total. The molecule has 0 saturated heterocycles. The molecule has 23 heavy (non-hydrogen) atoms. The van der Waals surface area contributed by atoms with Gasteiger partial charge in [0.05, 0.1) is 7.11 Å². The van der Waals surface area contributed by atoms with Crippen molar-refractivity contribution in [3.63, 3.8) is 0 Å². The molecule has 0 aromatic heterocycles. The van der Waals surface area contributed by atoms with Gasteiger partial charge in [0.1, 0.15) is 5.75 Å². The molecule has 0 heterocycles. The Balaban J connectivity index is 1.83. The zero-order chi connectivity index (χ0) is 16.5. The number of hydrogen-bond acceptors (Lipinski definition) is 3. The van der Waals surface area contributed by atoms with E-state index in [-0.39, 0.29) is 5.91 Å². The van der Waals surface area contributed by atoms with Gasteiger partial charge in [0.15, 0.2) is 5.11 Å². The van der Waals surface area contributed by atoms with E-state index in [0.717, 1.165) is 24.2 Å². The quantitative estimate of drug-likeness (QED) is 0.504. The molecule has 5 heteroatoms. The average molecular weight is 332 g/mol. The van der Waals surface area contributed by atoms with Gasteiger partial charge in [0.25, 0.3) is 0 Å². The number of methoxy groups -OCH3 is 1. The predicted molar refractivity (Wildman–Crippen MR) is 97.4 cm³/mol. The molecule has 1 aromatic carbocycles. The second kappa shape index (κ2) is 9.30. The van der Waals surface area contributed by atoms with E-state index in [1.54, 1.807) is 13.2 Å². The highest BCUT2D eigenvalue weighted by Crippen LogP contribution is 2.18. The summed E-state index contributed by atoms with van der Waals surface area (Å²) in [5.74, 6) is 0.498. The van der Waals surface area contributed by atoms with Crippen molar-refractivity contribution in [1.82, 2.24) is 10.6 Å². The SMILES string of the molecule is COc1ccccc1/C=C/C(=O)NC(=S)NC1CCCCCC1. The van der Waals surface area contributed by atoms with Crippen molar-refractivity contribution in [3.8, 4) is 5.75 Å². The summed E-state index contributed by atoms with van der Waals surface area (Å²) < 4.78 is 5.25. The van der Waals surface area contributed by atoms with Crippen molar-refractivity contribution >= 4 is 29.3 Å². The predicted octanol–water partition coefficient (Wildman–Crippen LogP) is 3.42. The Labute approximate surface area is 143 Å². The van der Waals surface area contributed by atoms with Gasteiger partial charge in [0.2, 0.25) is 5.91 Å². The zero-order valence-corrected chi connectivity index (χ0v) is 14.3. The molecule has 1 aliphatic carbocycles. The molecule has 1 aliphatic rings. The highest BCUT2D eigenvalue weighted by Gasteiger charge is 2.13. The van der Waals surface area contributed by atoms with Crippen molar-refractivity contribution in [3.05, 3.63) is 35.9 Å². The van der Waals surface area contributed by atoms with Crippen LogP contribution in [0.4, 0.5) is 0 Å². The summed E-state index contributed by atoms with van der Waals surface area (Å²) in [6.07, 6.45) is 10.5. The minimum Gasteiger partial charge on any atom is -0.496 e. The van der Waals surface area contributed by atoms with Gasteiger partial charge in [-0.25, -0.2) is 0 Å². The standard InChI is InChI=1S/C18H24N2O2S/c1-22-16-11-7-6-8-14(16)12-13-17(21)20-18(23)19-15-9-4-2-3-5-10-15/h6-8,11-13,15H,2-5,9-10H2,1H3,(H2,19,20,21,23)/b13-12+. The maximum absolute atomic E-state index is 12.0. The summed E-state index contributed by atoms with van der Waals surface area (Å²) >= 11 is 5.23. The first kappa shape index (κ1) is 17.5. The fraction of sp³-hybridized carbons (Fsp3) is 0.444. The van der Waals surface area contributed by atoms with Crippen LogP contribution in [0.2, 0.25) is 0 Å². The number of carbonyl (C=O) groups excluding carboxylic acids is 1. The number of thiocarbonyl (C=S) groups is 1. The molecule has 0 atom stereocenters. The topological polar surface area (TPSA) is 50.4 Å². The van der Waals surface area contributed by atoms with E-state index in [2.05, 4.69) is 10.6 Å². The minimum absolute atomic E-state index is 0.234. The molecule has 2 rings (SSSR count). The van der Waals surface area contributed by atoms with Gasteiger partial charge < -0.3 is 10.1 Å². The number of ether oxygens (including phenoxy) is 1. The van der Waals surface area contributed by atoms with Crippen molar-refractivity contribution < 1.29 is 9.53 Å². The van der Waals surface area contributed by atoms with E-state index in [1.165, 1.54) is 31.8 Å². The Hall–Kier alpha value is -1.88. The van der Waals surface area contributed by atoms with E-state index < -0.39 is 0 Å². The third-order valence-corrected chi connectivity index (χ3v) is 4.20. The summed E-state index contributed by atoms with van der Waals surface area (Å²) in [7, 11) is 1.61. The molecule has 0 unspecified atom stereocenters. The normalized spacial score (nSPS) is 15.9. The van der Waals surface area contributed by atoms with Crippen molar-refractivity contribution in [2.75, 3.05) is 7.11 Å². The van der Waals surface area contributed by atoms with Gasteiger partial charge in [0, 0.05) is 17.7 Å². The van der Waals surface area contributed by atoms with Crippen LogP contribution in [-0.4, -0.2) is 24.2 Å². The molecule has 124 valence electrons. The number of rotatable bonds is 4. The van der Waals surface area contributed by atoms with Crippen LogP contribution in [0.25, 0.3) is 6.08 Å². The van der Waals surface area contributed by atoms with Crippen LogP contribution < -0.4 is 15.4 Å². The summed E-state index contributed by atoms with van der Waals surface area (Å²) in [6.45, 7) is 0. The van der Waals surface area contributed by atoms with E-state index in [0.29, 0.717) is 11.2 Å². The smallest absolute Gasteiger partial charge is 0.250 e. The summed E-state index contributed by atoms with van der Waals surface area (Å²) in [5.41, 5.74) is 0.854. The second-order valence-corrected chi connectivity index (χ2v) is 6.13. The molecule has 0 spiro atoms. The van der Waals surface area contributed by atoms with E-state index >= 15 is 0 Å². The maximum Gasteiger partial charge on any atom is 0.250 e. The maximum atomic E-state index is 12.0. The van der Waals surface area contributed by atoms with Crippen LogP contribution in [0.5, 0.6) is 5.75 Å². The van der Waals surface area contributed by atoms with Crippen LogP contribution >= 0.6 is 12.2 Å². The summed E-state index contributed by atoms with van der Waals surface area (Å²) in [4.78, 5) is 12.0. The van der Waals surface area contributed by atoms with Gasteiger partial charge >= 0.3 is 0 Å². The molecule has 1 aromatic rings. The van der Waals surface area contributed by atoms with E-state index in [4.69, 9.17) is 17.0 Å². The lowest BCUT2D eigenvalue weighted by Crippen LogP contribution is -2.43. The lowest BCUT2D eigenvalue weighted by atomic mass is 10.1. The van der Waals surface area contributed by atoms with Gasteiger partial charge in [-0.05, 0) is 37.2 Å². The van der Waals surface area contributed by atoms with Gasteiger partial charge in [-0.15, -0.1) is 0 Å². The van der Waals surface area contributed by atoms with Gasteiger partial charge in [-0.1, -0.05) is 43.9 Å². The minimum atomic E-state index is -0.234. The fourth-order valence-corrected chi connectivity index (χ4v) is 3.04. The zero-order valence-electron chi connectivity index (χ0n) is 13.5. The second-order valence-electron chi connectivity index (χ2n) is 5.73. The Morgan fingerprint density at radius 3 is 2.61 bits per heavy atom. The van der Waals surface area contributed by atoms with Gasteiger partial charge in [-0.2, -0.15) is 0 Å². The molecule has 1 amide bonds. The van der Waals surface area contributed by atoms with Crippen molar-refractivity contribution in [1.29, 1.82) is 0 Å². The molecule has 4 nitrogen and oxygen atoms in total. The molecular weight excluding hydrogens is 308 g/mol. The molecule has 0 radical (unpaired) electrons. The first-order valence-corrected chi connectivity index (χ1v) is 8.52. The Morgan fingerprint density at radius 2 is 1.91 bits per heavy atom. The van der Waals surface area contributed by atoms with E-state index in [1.807, 2.05) is 24.3 Å². The monoisotopic (exact) mass is 332 g/mol. The lowest BCUT2D eigenvalue weighted by Gasteiger charge is -2.17. The lowest BCUT2D eigenvalue weighted by molar-refractivity contribution is -0.115. The molecule has 0 aliphatic heterocycles. The number of hydrogen-bond donors (Lipinski definition) is 2. The first-order valence-electron chi connectivity index (χ1n) is 8.11. The van der Waals surface area contributed by atoms with Crippen molar-refractivity contribution in [2.45, 2.75) is 44.6 Å². The number of carbonyl (C=O) groups is 1. The van der Waals surface area contributed by atoms with Crippen LogP contribution in [0.1, 0.15) is 44.1 Å². The van der Waals surface area contributed by atoms with Crippen LogP contribution in [0.3, 0.4) is 0 Å². The molecule has 0 bridgehead atoms. The number of nitrogens with one attached hydrogen (secondary N) is 2. The van der Waals surface area contributed by atoms with Gasteiger partial charge in [-0.3, -0.25) is 10.1 Å². The fourth-order valence-electron chi connectivity index (χ4n) is 2.77. The van der Waals surface area contributed by atoms with Crippen molar-refractivity contribution in [2.24, 2.45) is 0 Å². The molecular formula is C18H24N2O2S. The molecule has 1 saturated carbocycles. The van der Waals surface area contributed by atoms with E-state index in [9.17, 15) is 4.79 Å². The summed E-state index contributed by atoms with van der Waals surface area (Å²) in [5, 5.41) is 6.37. The number of para-hydroxylation sites is 1. The molecule has 1 fully saturated rings. The summed E-state index contributed by atoms with van der Waals surface area (Å²) in [6, 6.07) is 7.92. The number of amides is 1.